The van der Waals surface area contributed by atoms with E-state index in [4.69, 9.17) is 9.47 Å². The molecule has 0 aliphatic carbocycles. The number of nitrogens with zero attached hydrogens (tertiary/aromatic N) is 4. The van der Waals surface area contributed by atoms with E-state index in [0.29, 0.717) is 18.8 Å². The predicted octanol–water partition coefficient (Wildman–Crippen LogP) is 3.14. The van der Waals surface area contributed by atoms with Gasteiger partial charge in [-0.3, -0.25) is 9.39 Å². The molecule has 28 heavy (non-hydrogen) atoms. The van der Waals surface area contributed by atoms with Crippen molar-refractivity contribution in [1.29, 1.82) is 0 Å². The molecule has 156 valence electrons. The van der Waals surface area contributed by atoms with Crippen molar-refractivity contribution in [2.45, 2.75) is 50.9 Å². The van der Waals surface area contributed by atoms with E-state index in [1.54, 1.807) is 11.3 Å². The first-order valence-corrected chi connectivity index (χ1v) is 10.8. The highest BCUT2D eigenvalue weighted by Crippen LogP contribution is 2.18. The van der Waals surface area contributed by atoms with Crippen molar-refractivity contribution in [2.24, 2.45) is 4.99 Å². The average molecular weight is 519 g/mol. The van der Waals surface area contributed by atoms with E-state index >= 15 is 0 Å². The zero-order valence-corrected chi connectivity index (χ0v) is 19.5. The van der Waals surface area contributed by atoms with E-state index in [9.17, 15) is 0 Å². The van der Waals surface area contributed by atoms with Gasteiger partial charge in [0.05, 0.1) is 31.1 Å². The van der Waals surface area contributed by atoms with Gasteiger partial charge < -0.3 is 19.7 Å². The minimum absolute atomic E-state index is 0. The molecule has 9 heteroatoms. The molecule has 4 rings (SSSR count). The molecule has 2 aromatic heterocycles. The van der Waals surface area contributed by atoms with Crippen molar-refractivity contribution >= 4 is 46.2 Å². The molecule has 7 nitrogen and oxygen atoms in total. The molecule has 0 bridgehead atoms. The zero-order chi connectivity index (χ0) is 18.5. The number of rotatable bonds is 5. The SMILES string of the molecule is CN=C(NCc1cn2ccsc2n1)N1CCC(OCC2CCCCO2)CC1.I. The summed E-state index contributed by atoms with van der Waals surface area (Å²) in [7, 11) is 1.84. The summed E-state index contributed by atoms with van der Waals surface area (Å²) in [5.74, 6) is 0.945. The molecular weight excluding hydrogens is 489 g/mol. The van der Waals surface area contributed by atoms with Gasteiger partial charge in [-0.05, 0) is 32.1 Å². The maximum Gasteiger partial charge on any atom is 0.193 e. The van der Waals surface area contributed by atoms with Gasteiger partial charge in [-0.25, -0.2) is 4.98 Å². The van der Waals surface area contributed by atoms with Crippen LogP contribution in [-0.4, -0.2) is 65.8 Å². The van der Waals surface area contributed by atoms with Crippen LogP contribution in [0.3, 0.4) is 0 Å². The van der Waals surface area contributed by atoms with Crippen molar-refractivity contribution < 1.29 is 9.47 Å². The van der Waals surface area contributed by atoms with Crippen LogP contribution in [0.2, 0.25) is 0 Å². The predicted molar refractivity (Wildman–Crippen MR) is 123 cm³/mol. The highest BCUT2D eigenvalue weighted by molar-refractivity contribution is 14.0. The number of thiazole rings is 1. The minimum Gasteiger partial charge on any atom is -0.376 e. The molecule has 2 aliphatic rings. The molecule has 0 saturated carbocycles. The van der Waals surface area contributed by atoms with Crippen LogP contribution in [0.4, 0.5) is 0 Å². The molecule has 0 spiro atoms. The van der Waals surface area contributed by atoms with Crippen LogP contribution in [0.1, 0.15) is 37.8 Å². The number of ether oxygens (including phenoxy) is 2. The highest BCUT2D eigenvalue weighted by Gasteiger charge is 2.23. The van der Waals surface area contributed by atoms with Crippen molar-refractivity contribution in [3.63, 3.8) is 0 Å². The molecular formula is C19H30IN5O2S. The summed E-state index contributed by atoms with van der Waals surface area (Å²) in [5.41, 5.74) is 1.04. The summed E-state index contributed by atoms with van der Waals surface area (Å²) in [6.45, 7) is 4.26. The smallest absolute Gasteiger partial charge is 0.193 e. The summed E-state index contributed by atoms with van der Waals surface area (Å²) in [4.78, 5) is 12.4. The number of aromatic nitrogens is 2. The molecule has 0 radical (unpaired) electrons. The normalized spacial score (nSPS) is 21.7. The van der Waals surface area contributed by atoms with Gasteiger partial charge in [0, 0.05) is 44.5 Å². The summed E-state index contributed by atoms with van der Waals surface area (Å²) < 4.78 is 13.9. The van der Waals surface area contributed by atoms with E-state index in [2.05, 4.69) is 30.8 Å². The molecule has 1 N–H and O–H groups in total. The quantitative estimate of drug-likeness (QED) is 0.374. The third-order valence-corrected chi connectivity index (χ3v) is 6.09. The lowest BCUT2D eigenvalue weighted by atomic mass is 10.1. The second-order valence-electron chi connectivity index (χ2n) is 7.23. The van der Waals surface area contributed by atoms with Gasteiger partial charge in [0.2, 0.25) is 0 Å². The van der Waals surface area contributed by atoms with Gasteiger partial charge in [-0.15, -0.1) is 35.3 Å². The fourth-order valence-electron chi connectivity index (χ4n) is 3.78. The molecule has 2 saturated heterocycles. The first-order chi connectivity index (χ1) is 13.3. The molecule has 0 amide bonds. The van der Waals surface area contributed by atoms with Crippen LogP contribution in [0.5, 0.6) is 0 Å². The molecule has 0 aromatic carbocycles. The highest BCUT2D eigenvalue weighted by atomic mass is 127. The van der Waals surface area contributed by atoms with Crippen LogP contribution in [0.15, 0.2) is 22.8 Å². The lowest BCUT2D eigenvalue weighted by Gasteiger charge is -2.35. The van der Waals surface area contributed by atoms with Crippen molar-refractivity contribution in [3.8, 4) is 0 Å². The number of aliphatic imine (C=N–C) groups is 1. The molecule has 2 fully saturated rings. The molecule has 4 heterocycles. The number of imidazole rings is 1. The van der Waals surface area contributed by atoms with Gasteiger partial charge >= 0.3 is 0 Å². The third-order valence-electron chi connectivity index (χ3n) is 5.32. The molecule has 1 unspecified atom stereocenters. The van der Waals surface area contributed by atoms with Crippen LogP contribution >= 0.6 is 35.3 Å². The Morgan fingerprint density at radius 1 is 1.36 bits per heavy atom. The van der Waals surface area contributed by atoms with E-state index < -0.39 is 0 Å². The first kappa shape index (κ1) is 21.8. The third kappa shape index (κ3) is 5.58. The lowest BCUT2D eigenvalue weighted by Crippen LogP contribution is -2.47. The Bertz CT molecular complexity index is 722. The number of halogens is 1. The van der Waals surface area contributed by atoms with Gasteiger partial charge in [0.1, 0.15) is 0 Å². The number of hydrogen-bond acceptors (Lipinski definition) is 5. The maximum atomic E-state index is 6.11. The Morgan fingerprint density at radius 2 is 2.21 bits per heavy atom. The van der Waals surface area contributed by atoms with Gasteiger partial charge in [0.25, 0.3) is 0 Å². The Morgan fingerprint density at radius 3 is 2.93 bits per heavy atom. The summed E-state index contributed by atoms with van der Waals surface area (Å²) in [6, 6.07) is 0. The van der Waals surface area contributed by atoms with Crippen LogP contribution in [0, 0.1) is 0 Å². The molecule has 2 aromatic rings. The van der Waals surface area contributed by atoms with Crippen LogP contribution < -0.4 is 5.32 Å². The zero-order valence-electron chi connectivity index (χ0n) is 16.4. The Balaban J connectivity index is 0.00000225. The average Bonchev–Trinajstić information content (AvgIpc) is 3.30. The summed E-state index contributed by atoms with van der Waals surface area (Å²) in [6.07, 6.45) is 10.4. The number of fused-ring (bicyclic) bond motifs is 1. The van der Waals surface area contributed by atoms with Crippen molar-refractivity contribution in [3.05, 3.63) is 23.5 Å². The van der Waals surface area contributed by atoms with E-state index in [1.807, 2.05) is 18.6 Å². The number of guanidine groups is 1. The first-order valence-electron chi connectivity index (χ1n) is 9.91. The minimum atomic E-state index is 0. The second kappa shape index (κ2) is 10.7. The van der Waals surface area contributed by atoms with Crippen LogP contribution in [0.25, 0.3) is 4.96 Å². The maximum absolute atomic E-state index is 6.11. The standard InChI is InChI=1S/C19H29N5O2S.HI/c1-20-18(21-12-15-13-24-9-11-27-19(24)22-15)23-7-5-16(6-8-23)26-14-17-4-2-3-10-25-17;/h9,11,13,16-17H,2-8,10,12,14H2,1H3,(H,20,21);1H. The Labute approximate surface area is 187 Å². The van der Waals surface area contributed by atoms with E-state index in [1.165, 1.54) is 12.8 Å². The number of nitrogens with one attached hydrogen (secondary N) is 1. The Kier molecular flexibility index (Phi) is 8.36. The van der Waals surface area contributed by atoms with E-state index in [0.717, 1.165) is 62.2 Å². The van der Waals surface area contributed by atoms with Gasteiger partial charge in [-0.2, -0.15) is 0 Å². The summed E-state index contributed by atoms with van der Waals surface area (Å²) in [5, 5.41) is 5.50. The lowest BCUT2D eigenvalue weighted by molar-refractivity contribution is -0.0721. The topological polar surface area (TPSA) is 63.4 Å². The van der Waals surface area contributed by atoms with Crippen molar-refractivity contribution in [2.75, 3.05) is 33.4 Å². The number of piperidine rings is 1. The van der Waals surface area contributed by atoms with Gasteiger partial charge in [-0.1, -0.05) is 0 Å². The fraction of sp³-hybridized carbons (Fsp3) is 0.684. The number of likely N-dealkylation sites (tertiary alicyclic amines) is 1. The second-order valence-corrected chi connectivity index (χ2v) is 8.11. The van der Waals surface area contributed by atoms with Crippen LogP contribution in [-0.2, 0) is 16.0 Å². The summed E-state index contributed by atoms with van der Waals surface area (Å²) >= 11 is 1.65. The van der Waals surface area contributed by atoms with Crippen molar-refractivity contribution in [1.82, 2.24) is 19.6 Å². The number of hydrogen-bond donors (Lipinski definition) is 1. The fourth-order valence-corrected chi connectivity index (χ4v) is 4.50. The van der Waals surface area contributed by atoms with E-state index in [-0.39, 0.29) is 24.0 Å². The van der Waals surface area contributed by atoms with Gasteiger partial charge in [0.15, 0.2) is 10.9 Å². The Hall–Kier alpha value is -0.910. The monoisotopic (exact) mass is 519 g/mol. The molecule has 2 aliphatic heterocycles. The largest absolute Gasteiger partial charge is 0.376 e. The molecule has 1 atom stereocenters.